The Morgan fingerprint density at radius 1 is 1.14 bits per heavy atom. The molecule has 0 unspecified atom stereocenters. The Labute approximate surface area is 124 Å². The predicted molar refractivity (Wildman–Crippen MR) is 83.2 cm³/mol. The zero-order valence-electron chi connectivity index (χ0n) is 11.9. The van der Waals surface area contributed by atoms with E-state index in [9.17, 15) is 4.79 Å². The van der Waals surface area contributed by atoms with E-state index in [2.05, 4.69) is 10.6 Å². The van der Waals surface area contributed by atoms with Gasteiger partial charge in [0.15, 0.2) is 0 Å². The fourth-order valence-electron chi connectivity index (χ4n) is 1.98. The van der Waals surface area contributed by atoms with Crippen LogP contribution in [0, 0.1) is 0 Å². The van der Waals surface area contributed by atoms with Crippen molar-refractivity contribution in [2.45, 2.75) is 13.1 Å². The lowest BCUT2D eigenvalue weighted by atomic mass is 10.1. The topological polar surface area (TPSA) is 76.4 Å². The van der Waals surface area contributed by atoms with Crippen LogP contribution in [-0.4, -0.2) is 13.1 Å². The van der Waals surface area contributed by atoms with E-state index >= 15 is 0 Å². The van der Waals surface area contributed by atoms with Crippen LogP contribution in [0.15, 0.2) is 48.5 Å². The molecule has 5 heteroatoms. The summed E-state index contributed by atoms with van der Waals surface area (Å²) in [5, 5.41) is 5.58. The number of rotatable bonds is 5. The van der Waals surface area contributed by atoms with Crippen molar-refractivity contribution >= 4 is 11.7 Å². The van der Waals surface area contributed by atoms with Crippen molar-refractivity contribution < 1.29 is 9.53 Å². The average molecular weight is 285 g/mol. The molecule has 21 heavy (non-hydrogen) atoms. The van der Waals surface area contributed by atoms with E-state index in [1.54, 1.807) is 19.2 Å². The Morgan fingerprint density at radius 2 is 1.90 bits per heavy atom. The third-order valence-electron chi connectivity index (χ3n) is 3.11. The number of amides is 2. The van der Waals surface area contributed by atoms with Crippen molar-refractivity contribution in [1.82, 2.24) is 5.32 Å². The highest BCUT2D eigenvalue weighted by atomic mass is 16.5. The first-order chi connectivity index (χ1) is 10.2. The molecule has 0 aliphatic rings. The molecule has 0 saturated carbocycles. The van der Waals surface area contributed by atoms with Crippen molar-refractivity contribution in [3.05, 3.63) is 59.7 Å². The highest BCUT2D eigenvalue weighted by Crippen LogP contribution is 2.16. The first-order valence-electron chi connectivity index (χ1n) is 6.68. The minimum Gasteiger partial charge on any atom is -0.497 e. The maximum Gasteiger partial charge on any atom is 0.319 e. The van der Waals surface area contributed by atoms with Gasteiger partial charge < -0.3 is 21.1 Å². The van der Waals surface area contributed by atoms with Gasteiger partial charge in [0.05, 0.1) is 7.11 Å². The third kappa shape index (κ3) is 4.22. The molecule has 2 rings (SSSR count). The van der Waals surface area contributed by atoms with Crippen molar-refractivity contribution in [3.8, 4) is 5.75 Å². The number of carbonyl (C=O) groups is 1. The lowest BCUT2D eigenvalue weighted by Crippen LogP contribution is -2.28. The van der Waals surface area contributed by atoms with Gasteiger partial charge in [-0.1, -0.05) is 30.3 Å². The fraction of sp³-hybridized carbons (Fsp3) is 0.188. The third-order valence-corrected chi connectivity index (χ3v) is 3.11. The number of methoxy groups -OCH3 is 1. The molecule has 2 aromatic rings. The zero-order valence-corrected chi connectivity index (χ0v) is 11.9. The Bertz CT molecular complexity index is 614. The molecule has 0 heterocycles. The molecule has 0 saturated heterocycles. The molecular formula is C16H19N3O2. The van der Waals surface area contributed by atoms with Gasteiger partial charge in [-0.2, -0.15) is 0 Å². The number of ether oxygens (including phenoxy) is 1. The van der Waals surface area contributed by atoms with Crippen LogP contribution in [0.2, 0.25) is 0 Å². The van der Waals surface area contributed by atoms with E-state index in [1.165, 1.54) is 0 Å². The molecule has 0 aliphatic carbocycles. The lowest BCUT2D eigenvalue weighted by molar-refractivity contribution is 0.251. The molecule has 0 radical (unpaired) electrons. The number of urea groups is 1. The Balaban J connectivity index is 1.92. The van der Waals surface area contributed by atoms with Crippen LogP contribution in [-0.2, 0) is 13.1 Å². The van der Waals surface area contributed by atoms with Crippen LogP contribution in [0.25, 0.3) is 0 Å². The van der Waals surface area contributed by atoms with Crippen molar-refractivity contribution in [2.24, 2.45) is 5.73 Å². The number of hydrogen-bond donors (Lipinski definition) is 3. The quantitative estimate of drug-likeness (QED) is 0.790. The molecule has 0 aromatic heterocycles. The highest BCUT2D eigenvalue weighted by molar-refractivity contribution is 5.89. The normalized spacial score (nSPS) is 10.0. The Hall–Kier alpha value is -2.53. The predicted octanol–water partition coefficient (Wildman–Crippen LogP) is 2.48. The molecule has 0 spiro atoms. The molecule has 0 aliphatic heterocycles. The second kappa shape index (κ2) is 7.31. The van der Waals surface area contributed by atoms with E-state index < -0.39 is 0 Å². The van der Waals surface area contributed by atoms with Gasteiger partial charge in [-0.3, -0.25) is 0 Å². The van der Waals surface area contributed by atoms with Gasteiger partial charge in [-0.15, -0.1) is 0 Å². The van der Waals surface area contributed by atoms with E-state index in [0.29, 0.717) is 24.5 Å². The number of hydrogen-bond acceptors (Lipinski definition) is 3. The monoisotopic (exact) mass is 285 g/mol. The number of benzene rings is 2. The van der Waals surface area contributed by atoms with E-state index in [-0.39, 0.29) is 6.03 Å². The van der Waals surface area contributed by atoms with Gasteiger partial charge >= 0.3 is 6.03 Å². The van der Waals surface area contributed by atoms with E-state index in [4.69, 9.17) is 10.5 Å². The first-order valence-corrected chi connectivity index (χ1v) is 6.68. The zero-order chi connectivity index (χ0) is 15.1. The SMILES string of the molecule is COc1cccc(NC(=O)NCc2ccccc2CN)c1. The average Bonchev–Trinajstić information content (AvgIpc) is 2.53. The lowest BCUT2D eigenvalue weighted by Gasteiger charge is -2.11. The number of nitrogens with two attached hydrogens (primary N) is 1. The number of nitrogens with one attached hydrogen (secondary N) is 2. The van der Waals surface area contributed by atoms with Crippen LogP contribution < -0.4 is 21.1 Å². The first kappa shape index (κ1) is 14.9. The number of anilines is 1. The van der Waals surface area contributed by atoms with Gasteiger partial charge in [0.25, 0.3) is 0 Å². The maximum absolute atomic E-state index is 11.9. The van der Waals surface area contributed by atoms with Crippen LogP contribution >= 0.6 is 0 Å². The van der Waals surface area contributed by atoms with Gasteiger partial charge in [-0.05, 0) is 23.3 Å². The summed E-state index contributed by atoms with van der Waals surface area (Å²) >= 11 is 0. The number of carbonyl (C=O) groups excluding carboxylic acids is 1. The van der Waals surface area contributed by atoms with Crippen LogP contribution in [0.3, 0.4) is 0 Å². The van der Waals surface area contributed by atoms with Gasteiger partial charge in [0.1, 0.15) is 5.75 Å². The molecule has 2 amide bonds. The minimum atomic E-state index is -0.268. The smallest absolute Gasteiger partial charge is 0.319 e. The van der Waals surface area contributed by atoms with Crippen molar-refractivity contribution in [1.29, 1.82) is 0 Å². The second-order valence-corrected chi connectivity index (χ2v) is 4.51. The summed E-state index contributed by atoms with van der Waals surface area (Å²) in [5.41, 5.74) is 8.39. The van der Waals surface area contributed by atoms with Gasteiger partial charge in [-0.25, -0.2) is 4.79 Å². The molecular weight excluding hydrogens is 266 g/mol. The summed E-state index contributed by atoms with van der Waals surface area (Å²) in [4.78, 5) is 11.9. The molecule has 2 aromatic carbocycles. The van der Waals surface area contributed by atoms with Crippen LogP contribution in [0.5, 0.6) is 5.75 Å². The Kier molecular flexibility index (Phi) is 5.17. The minimum absolute atomic E-state index is 0.268. The van der Waals surface area contributed by atoms with Crippen LogP contribution in [0.1, 0.15) is 11.1 Å². The fourth-order valence-corrected chi connectivity index (χ4v) is 1.98. The van der Waals surface area contributed by atoms with Gasteiger partial charge in [0, 0.05) is 24.8 Å². The molecule has 0 bridgehead atoms. The molecule has 0 atom stereocenters. The molecule has 5 nitrogen and oxygen atoms in total. The summed E-state index contributed by atoms with van der Waals surface area (Å²) in [6.45, 7) is 0.887. The molecule has 110 valence electrons. The molecule has 4 N–H and O–H groups in total. The van der Waals surface area contributed by atoms with Gasteiger partial charge in [0.2, 0.25) is 0 Å². The van der Waals surface area contributed by atoms with Crippen LogP contribution in [0.4, 0.5) is 10.5 Å². The second-order valence-electron chi connectivity index (χ2n) is 4.51. The summed E-state index contributed by atoms with van der Waals surface area (Å²) in [5.74, 6) is 0.696. The summed E-state index contributed by atoms with van der Waals surface area (Å²) in [6.07, 6.45) is 0. The van der Waals surface area contributed by atoms with E-state index in [1.807, 2.05) is 36.4 Å². The van der Waals surface area contributed by atoms with Crippen molar-refractivity contribution in [3.63, 3.8) is 0 Å². The summed E-state index contributed by atoms with van der Waals surface area (Å²) < 4.78 is 5.11. The highest BCUT2D eigenvalue weighted by Gasteiger charge is 2.04. The molecule has 0 fully saturated rings. The Morgan fingerprint density at radius 3 is 2.62 bits per heavy atom. The standard InChI is InChI=1S/C16H19N3O2/c1-21-15-8-4-7-14(9-15)19-16(20)18-11-13-6-3-2-5-12(13)10-17/h2-9H,10-11,17H2,1H3,(H2,18,19,20). The van der Waals surface area contributed by atoms with E-state index in [0.717, 1.165) is 11.1 Å². The summed E-state index contributed by atoms with van der Waals surface area (Å²) in [6, 6.07) is 14.7. The maximum atomic E-state index is 11.9. The largest absolute Gasteiger partial charge is 0.497 e. The summed E-state index contributed by atoms with van der Waals surface area (Å²) in [7, 11) is 1.59. The van der Waals surface area contributed by atoms with Crippen molar-refractivity contribution in [2.75, 3.05) is 12.4 Å².